The Kier molecular flexibility index (Phi) is 6.03. The highest BCUT2D eigenvalue weighted by Crippen LogP contribution is 2.40. The van der Waals surface area contributed by atoms with E-state index in [2.05, 4.69) is 4.90 Å². The van der Waals surface area contributed by atoms with E-state index >= 15 is 0 Å². The Morgan fingerprint density at radius 1 is 0.871 bits per heavy atom. The van der Waals surface area contributed by atoms with Gasteiger partial charge in [0.1, 0.15) is 21.7 Å². The Labute approximate surface area is 184 Å². The van der Waals surface area contributed by atoms with Gasteiger partial charge >= 0.3 is 0 Å². The predicted octanol–water partition coefficient (Wildman–Crippen LogP) is 3.29. The van der Waals surface area contributed by atoms with Crippen LogP contribution in [0.15, 0.2) is 30.3 Å². The van der Waals surface area contributed by atoms with Gasteiger partial charge in [-0.05, 0) is 24.3 Å². The molecule has 0 atom stereocenters. The van der Waals surface area contributed by atoms with Gasteiger partial charge in [0.05, 0.1) is 34.0 Å². The van der Waals surface area contributed by atoms with Gasteiger partial charge in [-0.3, -0.25) is 4.79 Å². The number of para-hydroxylation sites is 1. The fourth-order valence-corrected chi connectivity index (χ4v) is 4.86. The molecule has 0 aliphatic carbocycles. The van der Waals surface area contributed by atoms with Crippen molar-refractivity contribution in [1.29, 1.82) is 0 Å². The number of piperazine rings is 1. The first kappa shape index (κ1) is 21.0. The number of nitrogens with zero attached hydrogens (tertiary/aromatic N) is 3. The zero-order valence-electron chi connectivity index (χ0n) is 18.0. The minimum atomic E-state index is -0.0666. The smallest absolute Gasteiger partial charge is 0.257 e. The number of aromatic nitrogens is 1. The van der Waals surface area contributed by atoms with E-state index in [0.29, 0.717) is 43.2 Å². The number of carbonyl (C=O) groups excluding carboxylic acids is 1. The average Bonchev–Trinajstić information content (AvgIpc) is 3.28. The third-order valence-electron chi connectivity index (χ3n) is 5.37. The van der Waals surface area contributed by atoms with Crippen molar-refractivity contribution >= 4 is 32.6 Å². The van der Waals surface area contributed by atoms with Crippen LogP contribution in [0.4, 0.5) is 5.13 Å². The van der Waals surface area contributed by atoms with Crippen LogP contribution in [0.3, 0.4) is 0 Å². The van der Waals surface area contributed by atoms with Crippen molar-refractivity contribution in [2.45, 2.75) is 0 Å². The highest BCUT2D eigenvalue weighted by atomic mass is 32.1. The first-order valence-electron chi connectivity index (χ1n) is 9.88. The molecule has 9 heteroatoms. The van der Waals surface area contributed by atoms with Crippen LogP contribution in [0, 0.1) is 0 Å². The second-order valence-electron chi connectivity index (χ2n) is 6.96. The van der Waals surface area contributed by atoms with E-state index < -0.39 is 0 Å². The lowest BCUT2D eigenvalue weighted by Crippen LogP contribution is -2.48. The van der Waals surface area contributed by atoms with Crippen molar-refractivity contribution < 1.29 is 23.7 Å². The molecular formula is C22H25N3O5S. The first-order chi connectivity index (χ1) is 15.1. The van der Waals surface area contributed by atoms with Gasteiger partial charge in [0.15, 0.2) is 16.6 Å². The summed E-state index contributed by atoms with van der Waals surface area (Å²) >= 11 is 1.57. The van der Waals surface area contributed by atoms with E-state index in [9.17, 15) is 4.79 Å². The van der Waals surface area contributed by atoms with Crippen LogP contribution in [0.1, 0.15) is 10.4 Å². The Morgan fingerprint density at radius 2 is 1.55 bits per heavy atom. The molecule has 1 aliphatic heterocycles. The van der Waals surface area contributed by atoms with E-state index in [0.717, 1.165) is 26.8 Å². The number of methoxy groups -OCH3 is 4. The number of carbonyl (C=O) groups is 1. The number of amides is 1. The molecule has 164 valence electrons. The summed E-state index contributed by atoms with van der Waals surface area (Å²) in [6.07, 6.45) is 0. The van der Waals surface area contributed by atoms with Crippen LogP contribution in [0.2, 0.25) is 0 Å². The number of anilines is 1. The molecule has 1 saturated heterocycles. The van der Waals surface area contributed by atoms with Crippen molar-refractivity contribution in [3.8, 4) is 23.0 Å². The van der Waals surface area contributed by atoms with Gasteiger partial charge in [0.25, 0.3) is 5.91 Å². The molecule has 3 aromatic rings. The molecule has 8 nitrogen and oxygen atoms in total. The van der Waals surface area contributed by atoms with Crippen LogP contribution in [0.5, 0.6) is 23.0 Å². The Bertz CT molecular complexity index is 1050. The molecule has 0 bridgehead atoms. The number of hydrogen-bond acceptors (Lipinski definition) is 8. The summed E-state index contributed by atoms with van der Waals surface area (Å²) in [6.45, 7) is 2.54. The molecule has 0 saturated carbocycles. The van der Waals surface area contributed by atoms with Crippen molar-refractivity contribution in [2.24, 2.45) is 0 Å². The fourth-order valence-electron chi connectivity index (χ4n) is 3.74. The zero-order chi connectivity index (χ0) is 22.0. The highest BCUT2D eigenvalue weighted by molar-refractivity contribution is 7.22. The van der Waals surface area contributed by atoms with Gasteiger partial charge in [-0.2, -0.15) is 0 Å². The molecule has 0 unspecified atom stereocenters. The predicted molar refractivity (Wildman–Crippen MR) is 120 cm³/mol. The van der Waals surface area contributed by atoms with Crippen LogP contribution < -0.4 is 23.8 Å². The third kappa shape index (κ3) is 3.81. The van der Waals surface area contributed by atoms with Gasteiger partial charge in [0.2, 0.25) is 0 Å². The molecule has 1 aliphatic rings. The molecule has 1 aromatic heterocycles. The van der Waals surface area contributed by atoms with E-state index in [1.54, 1.807) is 58.0 Å². The highest BCUT2D eigenvalue weighted by Gasteiger charge is 2.27. The van der Waals surface area contributed by atoms with Gasteiger partial charge in [-0.25, -0.2) is 4.98 Å². The Morgan fingerprint density at radius 3 is 2.19 bits per heavy atom. The van der Waals surface area contributed by atoms with E-state index in [1.165, 1.54) is 0 Å². The normalized spacial score (nSPS) is 13.9. The van der Waals surface area contributed by atoms with E-state index in [1.807, 2.05) is 17.0 Å². The van der Waals surface area contributed by atoms with E-state index in [4.69, 9.17) is 23.9 Å². The second kappa shape index (κ2) is 8.89. The SMILES string of the molecule is COc1cccc(C(=O)N2CCN(c3nc4c(OC)ccc(OC)c4s3)CC2)c1OC. The van der Waals surface area contributed by atoms with E-state index in [-0.39, 0.29) is 5.91 Å². The number of rotatable bonds is 6. The molecule has 0 spiro atoms. The maximum atomic E-state index is 13.1. The number of thiazole rings is 1. The summed E-state index contributed by atoms with van der Waals surface area (Å²) < 4.78 is 22.7. The standard InChI is InChI=1S/C22H25N3O5S/c1-27-15-8-9-17(29-3)20-18(15)23-22(31-20)25-12-10-24(11-13-25)21(26)14-6-5-7-16(28-2)19(14)30-4/h5-9H,10-13H2,1-4H3. The first-order valence-corrected chi connectivity index (χ1v) is 10.7. The average molecular weight is 444 g/mol. The topological polar surface area (TPSA) is 73.4 Å². The lowest BCUT2D eigenvalue weighted by Gasteiger charge is -2.34. The van der Waals surface area contributed by atoms with Crippen molar-refractivity contribution in [3.05, 3.63) is 35.9 Å². The molecule has 1 fully saturated rings. The van der Waals surface area contributed by atoms with Gasteiger partial charge in [-0.15, -0.1) is 0 Å². The number of hydrogen-bond donors (Lipinski definition) is 0. The molecule has 0 radical (unpaired) electrons. The van der Waals surface area contributed by atoms with Crippen molar-refractivity contribution in [1.82, 2.24) is 9.88 Å². The Balaban J connectivity index is 1.52. The summed E-state index contributed by atoms with van der Waals surface area (Å²) in [4.78, 5) is 21.9. The van der Waals surface area contributed by atoms with Crippen molar-refractivity contribution in [2.75, 3.05) is 59.5 Å². The molecule has 2 aromatic carbocycles. The van der Waals surface area contributed by atoms with Crippen LogP contribution >= 0.6 is 11.3 Å². The molecule has 4 rings (SSSR count). The Hall–Kier alpha value is -3.20. The summed E-state index contributed by atoms with van der Waals surface area (Å²) in [7, 11) is 6.39. The lowest BCUT2D eigenvalue weighted by molar-refractivity contribution is 0.0742. The minimum Gasteiger partial charge on any atom is -0.495 e. The summed E-state index contributed by atoms with van der Waals surface area (Å²) in [5.74, 6) is 2.44. The molecule has 2 heterocycles. The van der Waals surface area contributed by atoms with Gasteiger partial charge in [0, 0.05) is 26.2 Å². The van der Waals surface area contributed by atoms with Crippen LogP contribution in [0.25, 0.3) is 10.2 Å². The minimum absolute atomic E-state index is 0.0666. The molecule has 1 amide bonds. The largest absolute Gasteiger partial charge is 0.495 e. The quantitative estimate of drug-likeness (QED) is 0.579. The van der Waals surface area contributed by atoms with Crippen LogP contribution in [-0.2, 0) is 0 Å². The number of benzene rings is 2. The van der Waals surface area contributed by atoms with Gasteiger partial charge in [-0.1, -0.05) is 17.4 Å². The summed E-state index contributed by atoms with van der Waals surface area (Å²) in [6, 6.07) is 9.10. The maximum Gasteiger partial charge on any atom is 0.257 e. The summed E-state index contributed by atoms with van der Waals surface area (Å²) in [5, 5.41) is 0.892. The van der Waals surface area contributed by atoms with Gasteiger partial charge < -0.3 is 28.7 Å². The third-order valence-corrected chi connectivity index (χ3v) is 6.50. The monoisotopic (exact) mass is 443 g/mol. The lowest BCUT2D eigenvalue weighted by atomic mass is 10.1. The number of ether oxygens (including phenoxy) is 4. The molecule has 0 N–H and O–H groups in total. The number of fused-ring (bicyclic) bond motifs is 1. The summed E-state index contributed by atoms with van der Waals surface area (Å²) in [5.41, 5.74) is 1.30. The molecular weight excluding hydrogens is 418 g/mol. The maximum absolute atomic E-state index is 13.1. The fraction of sp³-hybridized carbons (Fsp3) is 0.364. The second-order valence-corrected chi connectivity index (χ2v) is 7.94. The van der Waals surface area contributed by atoms with Crippen LogP contribution in [-0.4, -0.2) is 70.4 Å². The zero-order valence-corrected chi connectivity index (χ0v) is 18.8. The van der Waals surface area contributed by atoms with Crippen molar-refractivity contribution in [3.63, 3.8) is 0 Å². The molecule has 31 heavy (non-hydrogen) atoms.